The van der Waals surface area contributed by atoms with E-state index in [1.165, 1.54) is 0 Å². The standard InChI is InChI=1S/C16H20N2O2/c1-18(9-6-13-7-10-20-11-8-13)16(19)15-4-2-14(12-17)3-5-15/h2-5,13H,6-11H2,1H3. The maximum absolute atomic E-state index is 12.2. The van der Waals surface area contributed by atoms with Crippen molar-refractivity contribution in [2.45, 2.75) is 19.3 Å². The van der Waals surface area contributed by atoms with E-state index < -0.39 is 0 Å². The highest BCUT2D eigenvalue weighted by Crippen LogP contribution is 2.19. The van der Waals surface area contributed by atoms with Crippen LogP contribution in [0.25, 0.3) is 0 Å². The van der Waals surface area contributed by atoms with Gasteiger partial charge in [-0.05, 0) is 49.4 Å². The number of carbonyl (C=O) groups is 1. The molecule has 1 aliphatic heterocycles. The van der Waals surface area contributed by atoms with Crippen molar-refractivity contribution in [1.29, 1.82) is 5.26 Å². The zero-order valence-electron chi connectivity index (χ0n) is 11.8. The highest BCUT2D eigenvalue weighted by Gasteiger charge is 2.17. The molecule has 0 N–H and O–H groups in total. The number of nitriles is 1. The summed E-state index contributed by atoms with van der Waals surface area (Å²) in [5, 5.41) is 8.75. The zero-order valence-corrected chi connectivity index (χ0v) is 11.8. The summed E-state index contributed by atoms with van der Waals surface area (Å²) < 4.78 is 5.34. The molecule has 4 nitrogen and oxygen atoms in total. The smallest absolute Gasteiger partial charge is 0.253 e. The van der Waals surface area contributed by atoms with Crippen LogP contribution in [0, 0.1) is 17.2 Å². The Balaban J connectivity index is 1.85. The quantitative estimate of drug-likeness (QED) is 0.846. The van der Waals surface area contributed by atoms with E-state index in [0.29, 0.717) is 17.0 Å². The lowest BCUT2D eigenvalue weighted by Gasteiger charge is -2.25. The molecule has 1 saturated heterocycles. The lowest BCUT2D eigenvalue weighted by Crippen LogP contribution is -2.30. The van der Waals surface area contributed by atoms with Gasteiger partial charge in [0, 0.05) is 32.4 Å². The number of amides is 1. The molecular formula is C16H20N2O2. The number of hydrogen-bond donors (Lipinski definition) is 0. The first-order chi connectivity index (χ1) is 9.70. The molecule has 1 heterocycles. The first kappa shape index (κ1) is 14.5. The van der Waals surface area contributed by atoms with E-state index in [2.05, 4.69) is 6.07 Å². The second kappa shape index (κ2) is 7.06. The summed E-state index contributed by atoms with van der Waals surface area (Å²) in [5.74, 6) is 0.682. The molecule has 2 rings (SSSR count). The van der Waals surface area contributed by atoms with Gasteiger partial charge in [0.05, 0.1) is 11.6 Å². The Morgan fingerprint density at radius 3 is 2.60 bits per heavy atom. The Bertz CT molecular complexity index is 484. The van der Waals surface area contributed by atoms with Crippen LogP contribution in [0.4, 0.5) is 0 Å². The normalized spacial score (nSPS) is 15.6. The Kier molecular flexibility index (Phi) is 5.14. The average Bonchev–Trinajstić information content (AvgIpc) is 2.53. The van der Waals surface area contributed by atoms with Crippen molar-refractivity contribution in [1.82, 2.24) is 4.90 Å². The fraction of sp³-hybridized carbons (Fsp3) is 0.500. The molecule has 1 aliphatic rings. The minimum atomic E-state index is 0.0153. The van der Waals surface area contributed by atoms with Crippen molar-refractivity contribution in [2.75, 3.05) is 26.8 Å². The fourth-order valence-corrected chi connectivity index (χ4v) is 2.42. The third-order valence-electron chi connectivity index (χ3n) is 3.82. The van der Waals surface area contributed by atoms with E-state index in [1.54, 1.807) is 29.2 Å². The molecule has 20 heavy (non-hydrogen) atoms. The summed E-state index contributed by atoms with van der Waals surface area (Å²) in [6.45, 7) is 2.46. The van der Waals surface area contributed by atoms with Crippen LogP contribution in [-0.4, -0.2) is 37.6 Å². The second-order valence-electron chi connectivity index (χ2n) is 5.26. The molecule has 0 aromatic heterocycles. The number of carbonyl (C=O) groups excluding carboxylic acids is 1. The van der Waals surface area contributed by atoms with Crippen LogP contribution in [0.15, 0.2) is 24.3 Å². The molecule has 1 fully saturated rings. The molecule has 1 aromatic carbocycles. The Labute approximate surface area is 120 Å². The minimum Gasteiger partial charge on any atom is -0.381 e. The summed E-state index contributed by atoms with van der Waals surface area (Å²) in [6.07, 6.45) is 3.22. The first-order valence-corrected chi connectivity index (χ1v) is 7.04. The SMILES string of the molecule is CN(CCC1CCOCC1)C(=O)c1ccc(C#N)cc1. The van der Waals surface area contributed by atoms with Gasteiger partial charge in [-0.2, -0.15) is 5.26 Å². The lowest BCUT2D eigenvalue weighted by molar-refractivity contribution is 0.0583. The molecule has 0 saturated carbocycles. The Hall–Kier alpha value is -1.86. The molecule has 0 bridgehead atoms. The summed E-state index contributed by atoms with van der Waals surface area (Å²) in [5.41, 5.74) is 1.21. The van der Waals surface area contributed by atoms with Crippen LogP contribution in [0.1, 0.15) is 35.2 Å². The Morgan fingerprint density at radius 1 is 1.35 bits per heavy atom. The van der Waals surface area contributed by atoms with E-state index in [9.17, 15) is 4.79 Å². The molecule has 4 heteroatoms. The number of ether oxygens (including phenoxy) is 1. The third kappa shape index (κ3) is 3.82. The van der Waals surface area contributed by atoms with Crippen LogP contribution in [0.3, 0.4) is 0 Å². The van der Waals surface area contributed by atoms with Gasteiger partial charge < -0.3 is 9.64 Å². The number of nitrogens with zero attached hydrogens (tertiary/aromatic N) is 2. The molecular weight excluding hydrogens is 252 g/mol. The highest BCUT2D eigenvalue weighted by atomic mass is 16.5. The highest BCUT2D eigenvalue weighted by molar-refractivity contribution is 5.94. The average molecular weight is 272 g/mol. The molecule has 0 aliphatic carbocycles. The molecule has 0 atom stereocenters. The Morgan fingerprint density at radius 2 is 2.00 bits per heavy atom. The molecule has 0 spiro atoms. The van der Waals surface area contributed by atoms with Crippen molar-refractivity contribution in [2.24, 2.45) is 5.92 Å². The van der Waals surface area contributed by atoms with E-state index in [0.717, 1.165) is 39.0 Å². The summed E-state index contributed by atoms with van der Waals surface area (Å²) >= 11 is 0. The van der Waals surface area contributed by atoms with Crippen LogP contribution in [-0.2, 0) is 4.74 Å². The molecule has 106 valence electrons. The van der Waals surface area contributed by atoms with Crippen LogP contribution in [0.5, 0.6) is 0 Å². The molecule has 1 amide bonds. The predicted molar refractivity (Wildman–Crippen MR) is 76.3 cm³/mol. The van der Waals surface area contributed by atoms with E-state index in [4.69, 9.17) is 10.00 Å². The summed E-state index contributed by atoms with van der Waals surface area (Å²) in [4.78, 5) is 14.0. The van der Waals surface area contributed by atoms with Gasteiger partial charge >= 0.3 is 0 Å². The largest absolute Gasteiger partial charge is 0.381 e. The van der Waals surface area contributed by atoms with Crippen LogP contribution < -0.4 is 0 Å². The first-order valence-electron chi connectivity index (χ1n) is 7.04. The van der Waals surface area contributed by atoms with Gasteiger partial charge in [0.25, 0.3) is 5.91 Å². The molecule has 0 unspecified atom stereocenters. The van der Waals surface area contributed by atoms with Crippen molar-refractivity contribution in [3.05, 3.63) is 35.4 Å². The van der Waals surface area contributed by atoms with Crippen molar-refractivity contribution >= 4 is 5.91 Å². The number of rotatable bonds is 4. The third-order valence-corrected chi connectivity index (χ3v) is 3.82. The van der Waals surface area contributed by atoms with E-state index >= 15 is 0 Å². The summed E-state index contributed by atoms with van der Waals surface area (Å²) in [6, 6.07) is 8.84. The van der Waals surface area contributed by atoms with Crippen LogP contribution >= 0.6 is 0 Å². The molecule has 0 radical (unpaired) electrons. The van der Waals surface area contributed by atoms with Gasteiger partial charge in [0.1, 0.15) is 0 Å². The minimum absolute atomic E-state index is 0.0153. The van der Waals surface area contributed by atoms with Crippen molar-refractivity contribution in [3.63, 3.8) is 0 Å². The van der Waals surface area contributed by atoms with Gasteiger partial charge in [-0.15, -0.1) is 0 Å². The van der Waals surface area contributed by atoms with Crippen LogP contribution in [0.2, 0.25) is 0 Å². The van der Waals surface area contributed by atoms with Gasteiger partial charge in [-0.3, -0.25) is 4.79 Å². The maximum atomic E-state index is 12.2. The van der Waals surface area contributed by atoms with E-state index in [-0.39, 0.29) is 5.91 Å². The predicted octanol–water partition coefficient (Wildman–Crippen LogP) is 2.45. The maximum Gasteiger partial charge on any atom is 0.253 e. The fourth-order valence-electron chi connectivity index (χ4n) is 2.42. The van der Waals surface area contributed by atoms with Crippen molar-refractivity contribution in [3.8, 4) is 6.07 Å². The topological polar surface area (TPSA) is 53.3 Å². The second-order valence-corrected chi connectivity index (χ2v) is 5.26. The van der Waals surface area contributed by atoms with Gasteiger partial charge in [0.2, 0.25) is 0 Å². The summed E-state index contributed by atoms with van der Waals surface area (Å²) in [7, 11) is 1.83. The monoisotopic (exact) mass is 272 g/mol. The van der Waals surface area contributed by atoms with Crippen molar-refractivity contribution < 1.29 is 9.53 Å². The zero-order chi connectivity index (χ0) is 14.4. The molecule has 1 aromatic rings. The lowest BCUT2D eigenvalue weighted by atomic mass is 9.96. The number of hydrogen-bond acceptors (Lipinski definition) is 3. The number of benzene rings is 1. The van der Waals surface area contributed by atoms with E-state index in [1.807, 2.05) is 7.05 Å². The van der Waals surface area contributed by atoms with Gasteiger partial charge in [-0.25, -0.2) is 0 Å². The van der Waals surface area contributed by atoms with Gasteiger partial charge in [0.15, 0.2) is 0 Å². The van der Waals surface area contributed by atoms with Gasteiger partial charge in [-0.1, -0.05) is 0 Å².